The largest absolute Gasteiger partial charge is 0.444 e. The molecule has 2 aromatic rings. The van der Waals surface area contributed by atoms with Crippen LogP contribution in [0.3, 0.4) is 0 Å². The van der Waals surface area contributed by atoms with Gasteiger partial charge in [-0.1, -0.05) is 0 Å². The van der Waals surface area contributed by atoms with Crippen LogP contribution in [0.1, 0.15) is 52.0 Å². The summed E-state index contributed by atoms with van der Waals surface area (Å²) < 4.78 is 7.55. The molecule has 0 aliphatic carbocycles. The number of fused-ring (bicyclic) bond motifs is 1. The van der Waals surface area contributed by atoms with E-state index in [1.807, 2.05) is 20.8 Å². The lowest BCUT2D eigenvalue weighted by Crippen LogP contribution is -2.34. The van der Waals surface area contributed by atoms with Crippen molar-refractivity contribution in [2.45, 2.75) is 59.4 Å². The number of imidazole rings is 1. The molecule has 2 aromatic heterocycles. The Balaban J connectivity index is 1.85. The number of carbonyl (C=O) groups excluding carboxylic acids is 1. The average Bonchev–Trinajstić information content (AvgIpc) is 2.80. The lowest BCUT2D eigenvalue weighted by molar-refractivity contribution is 0.0237. The van der Waals surface area contributed by atoms with Crippen LogP contribution in [0, 0.1) is 0 Å². The minimum atomic E-state index is -0.494. The number of H-pyrrole nitrogens is 2. The number of nitrogens with zero attached hydrogens (tertiary/aromatic N) is 4. The molecular formula is C14H22N6O2. The second-order valence-corrected chi connectivity index (χ2v) is 6.83. The standard InChI is InChI=1S/C14H22N6O2/c1-8(2)20-10-7-19(13(21)22-14(3,4)5)6-9(10)15-12(20)11-16-18-17-11/h8,18H,6-7H2,1-5H3,(H,16,17). The van der Waals surface area contributed by atoms with Gasteiger partial charge in [0.15, 0.2) is 5.82 Å². The third-order valence-corrected chi connectivity index (χ3v) is 3.50. The number of aromatic nitrogens is 5. The maximum absolute atomic E-state index is 12.2. The smallest absolute Gasteiger partial charge is 0.410 e. The molecule has 0 saturated heterocycles. The maximum Gasteiger partial charge on any atom is 0.410 e. The number of carbonyl (C=O) groups is 1. The molecule has 8 heteroatoms. The summed E-state index contributed by atoms with van der Waals surface area (Å²) in [6.07, 6.45) is -0.303. The first-order valence-electron chi connectivity index (χ1n) is 7.43. The molecule has 1 aliphatic heterocycles. The molecule has 8 nitrogen and oxygen atoms in total. The Morgan fingerprint density at radius 1 is 1.32 bits per heavy atom. The monoisotopic (exact) mass is 306 g/mol. The quantitative estimate of drug-likeness (QED) is 0.891. The predicted octanol–water partition coefficient (Wildman–Crippen LogP) is 2.43. The van der Waals surface area contributed by atoms with Gasteiger partial charge in [-0.05, 0) is 34.6 Å². The van der Waals surface area contributed by atoms with E-state index in [0.29, 0.717) is 13.1 Å². The second kappa shape index (κ2) is 4.89. The third-order valence-electron chi connectivity index (χ3n) is 3.50. The Hall–Kier alpha value is -2.25. The van der Waals surface area contributed by atoms with Crippen LogP contribution < -0.4 is 0 Å². The van der Waals surface area contributed by atoms with Gasteiger partial charge in [-0.2, -0.15) is 0 Å². The molecule has 0 fully saturated rings. The van der Waals surface area contributed by atoms with Crippen molar-refractivity contribution in [1.82, 2.24) is 29.9 Å². The number of rotatable bonds is 2. The van der Waals surface area contributed by atoms with Gasteiger partial charge in [0.1, 0.15) is 5.60 Å². The van der Waals surface area contributed by atoms with E-state index in [4.69, 9.17) is 4.74 Å². The zero-order valence-corrected chi connectivity index (χ0v) is 13.6. The zero-order valence-electron chi connectivity index (χ0n) is 13.6. The average molecular weight is 306 g/mol. The van der Waals surface area contributed by atoms with Crippen LogP contribution in [0.25, 0.3) is 11.6 Å². The van der Waals surface area contributed by atoms with E-state index in [-0.39, 0.29) is 12.1 Å². The molecule has 0 saturated carbocycles. The maximum atomic E-state index is 12.2. The summed E-state index contributed by atoms with van der Waals surface area (Å²) in [7, 11) is 0. The number of ether oxygens (including phenoxy) is 1. The fourth-order valence-corrected chi connectivity index (χ4v) is 2.62. The fourth-order valence-electron chi connectivity index (χ4n) is 2.62. The summed E-state index contributed by atoms with van der Waals surface area (Å²) in [5, 5.41) is 9.63. The van der Waals surface area contributed by atoms with Crippen molar-refractivity contribution >= 4 is 6.09 Å². The van der Waals surface area contributed by atoms with E-state index in [9.17, 15) is 4.79 Å². The molecule has 0 unspecified atom stereocenters. The summed E-state index contributed by atoms with van der Waals surface area (Å²) in [6, 6.07) is 0.231. The van der Waals surface area contributed by atoms with Gasteiger partial charge in [0.25, 0.3) is 0 Å². The summed E-state index contributed by atoms with van der Waals surface area (Å²) in [6.45, 7) is 10.8. The Morgan fingerprint density at radius 3 is 2.50 bits per heavy atom. The van der Waals surface area contributed by atoms with Crippen molar-refractivity contribution < 1.29 is 9.53 Å². The fraction of sp³-hybridized carbons (Fsp3) is 0.643. The van der Waals surface area contributed by atoms with Crippen molar-refractivity contribution in [3.63, 3.8) is 0 Å². The number of nitrogens with one attached hydrogen (secondary N) is 2. The highest BCUT2D eigenvalue weighted by Gasteiger charge is 2.33. The van der Waals surface area contributed by atoms with Gasteiger partial charge < -0.3 is 9.30 Å². The van der Waals surface area contributed by atoms with Crippen LogP contribution in [0.4, 0.5) is 4.79 Å². The molecule has 0 bridgehead atoms. The SMILES string of the molecule is CC(C)n1c(-c2n[nH][nH]2)nc2c1CN(C(=O)OC(C)(C)C)C2. The molecule has 1 amide bonds. The van der Waals surface area contributed by atoms with E-state index >= 15 is 0 Å². The highest BCUT2D eigenvalue weighted by atomic mass is 16.6. The molecule has 0 atom stereocenters. The molecule has 0 spiro atoms. The molecule has 1 aliphatic rings. The summed E-state index contributed by atoms with van der Waals surface area (Å²) >= 11 is 0. The number of aromatic amines is 2. The Labute approximate surface area is 128 Å². The van der Waals surface area contributed by atoms with E-state index in [1.54, 1.807) is 4.90 Å². The highest BCUT2D eigenvalue weighted by molar-refractivity contribution is 5.69. The normalized spacial score (nSPS) is 14.7. The van der Waals surface area contributed by atoms with Crippen LogP contribution >= 0.6 is 0 Å². The summed E-state index contributed by atoms with van der Waals surface area (Å²) in [5.74, 6) is 1.54. The van der Waals surface area contributed by atoms with E-state index in [1.165, 1.54) is 0 Å². The van der Waals surface area contributed by atoms with Crippen LogP contribution in [-0.2, 0) is 17.8 Å². The van der Waals surface area contributed by atoms with Crippen molar-refractivity contribution in [1.29, 1.82) is 0 Å². The zero-order chi connectivity index (χ0) is 16.1. The molecular weight excluding hydrogens is 284 g/mol. The minimum Gasteiger partial charge on any atom is -0.444 e. The van der Waals surface area contributed by atoms with Gasteiger partial charge >= 0.3 is 6.09 Å². The first kappa shape index (κ1) is 14.7. The third kappa shape index (κ3) is 2.49. The molecule has 3 heterocycles. The number of hydrogen-bond donors (Lipinski definition) is 2. The Bertz CT molecular complexity index is 678. The Morgan fingerprint density at radius 2 is 2.00 bits per heavy atom. The molecule has 0 aromatic carbocycles. The van der Waals surface area contributed by atoms with Crippen molar-refractivity contribution in [3.8, 4) is 11.6 Å². The summed E-state index contributed by atoms with van der Waals surface area (Å²) in [5.41, 5.74) is 1.46. The first-order chi connectivity index (χ1) is 10.3. The van der Waals surface area contributed by atoms with Gasteiger partial charge in [-0.3, -0.25) is 10.00 Å². The van der Waals surface area contributed by atoms with Crippen molar-refractivity contribution in [2.75, 3.05) is 0 Å². The van der Waals surface area contributed by atoms with Gasteiger partial charge in [0.2, 0.25) is 5.82 Å². The lowest BCUT2D eigenvalue weighted by atomic mass is 10.2. The predicted molar refractivity (Wildman–Crippen MR) is 80.0 cm³/mol. The molecule has 22 heavy (non-hydrogen) atoms. The van der Waals surface area contributed by atoms with E-state index in [0.717, 1.165) is 23.0 Å². The molecule has 120 valence electrons. The second-order valence-electron chi connectivity index (χ2n) is 6.83. The topological polar surface area (TPSA) is 91.8 Å². The van der Waals surface area contributed by atoms with Gasteiger partial charge in [-0.25, -0.2) is 15.0 Å². The lowest BCUT2D eigenvalue weighted by Gasteiger charge is -2.24. The van der Waals surface area contributed by atoms with Crippen LogP contribution in [0.15, 0.2) is 0 Å². The van der Waals surface area contributed by atoms with Crippen LogP contribution in [0.2, 0.25) is 0 Å². The van der Waals surface area contributed by atoms with Crippen molar-refractivity contribution in [2.24, 2.45) is 0 Å². The van der Waals surface area contributed by atoms with Gasteiger partial charge in [0, 0.05) is 6.04 Å². The van der Waals surface area contributed by atoms with Gasteiger partial charge in [-0.15, -0.1) is 5.10 Å². The van der Waals surface area contributed by atoms with Crippen LogP contribution in [-0.4, -0.2) is 41.6 Å². The number of hydrogen-bond acceptors (Lipinski definition) is 4. The molecule has 0 radical (unpaired) electrons. The van der Waals surface area contributed by atoms with E-state index in [2.05, 4.69) is 38.8 Å². The summed E-state index contributed by atoms with van der Waals surface area (Å²) in [4.78, 5) is 18.5. The first-order valence-corrected chi connectivity index (χ1v) is 7.43. The van der Waals surface area contributed by atoms with Crippen molar-refractivity contribution in [3.05, 3.63) is 11.4 Å². The molecule has 2 N–H and O–H groups in total. The highest BCUT2D eigenvalue weighted by Crippen LogP contribution is 2.31. The van der Waals surface area contributed by atoms with E-state index < -0.39 is 5.60 Å². The number of amides is 1. The Kier molecular flexibility index (Phi) is 3.26. The van der Waals surface area contributed by atoms with Gasteiger partial charge in [0.05, 0.1) is 24.5 Å². The van der Waals surface area contributed by atoms with Crippen LogP contribution in [0.5, 0.6) is 0 Å². The molecule has 3 rings (SSSR count). The minimum absolute atomic E-state index is 0.231.